The predicted molar refractivity (Wildman–Crippen MR) is 85.7 cm³/mol. The van der Waals surface area contributed by atoms with E-state index in [0.717, 1.165) is 45.6 Å². The van der Waals surface area contributed by atoms with Gasteiger partial charge < -0.3 is 15.2 Å². The highest BCUT2D eigenvalue weighted by molar-refractivity contribution is 9.10. The molecular formula is C15H18BrN3O2. The maximum Gasteiger partial charge on any atom is 0.175 e. The second-order valence-corrected chi connectivity index (χ2v) is 5.88. The number of ether oxygens (including phenoxy) is 2. The first-order valence-corrected chi connectivity index (χ1v) is 7.82. The van der Waals surface area contributed by atoms with Crippen molar-refractivity contribution in [3.63, 3.8) is 0 Å². The van der Waals surface area contributed by atoms with Crippen molar-refractivity contribution in [3.8, 4) is 22.8 Å². The molecule has 2 aromatic rings. The monoisotopic (exact) mass is 351 g/mol. The van der Waals surface area contributed by atoms with Crippen LogP contribution in [0.25, 0.3) is 11.3 Å². The topological polar surface area (TPSA) is 62.3 Å². The summed E-state index contributed by atoms with van der Waals surface area (Å²) in [7, 11) is 1.84. The lowest BCUT2D eigenvalue weighted by Crippen LogP contribution is -2.00. The van der Waals surface area contributed by atoms with Gasteiger partial charge in [0.15, 0.2) is 11.5 Å². The zero-order valence-electron chi connectivity index (χ0n) is 12.1. The SMILES string of the molecule is CCc1c(-c2cc(N)n(C)n2)cc(Br)c2c1OCCCO2. The van der Waals surface area contributed by atoms with Gasteiger partial charge in [-0.25, -0.2) is 0 Å². The van der Waals surface area contributed by atoms with Crippen LogP contribution < -0.4 is 15.2 Å². The fourth-order valence-corrected chi connectivity index (χ4v) is 3.06. The van der Waals surface area contributed by atoms with Crippen molar-refractivity contribution in [1.82, 2.24) is 9.78 Å². The fraction of sp³-hybridized carbons (Fsp3) is 0.400. The van der Waals surface area contributed by atoms with Gasteiger partial charge in [-0.3, -0.25) is 4.68 Å². The molecule has 1 aromatic heterocycles. The molecule has 0 aliphatic carbocycles. The highest BCUT2D eigenvalue weighted by Gasteiger charge is 2.22. The van der Waals surface area contributed by atoms with Crippen LogP contribution in [0, 0.1) is 0 Å². The Morgan fingerprint density at radius 1 is 1.29 bits per heavy atom. The van der Waals surface area contributed by atoms with Gasteiger partial charge in [0.05, 0.1) is 23.4 Å². The van der Waals surface area contributed by atoms with Crippen LogP contribution in [0.15, 0.2) is 16.6 Å². The number of rotatable bonds is 2. The third-order valence-electron chi connectivity index (χ3n) is 3.62. The first-order valence-electron chi connectivity index (χ1n) is 7.02. The summed E-state index contributed by atoms with van der Waals surface area (Å²) in [4.78, 5) is 0. The van der Waals surface area contributed by atoms with Gasteiger partial charge in [0.2, 0.25) is 0 Å². The van der Waals surface area contributed by atoms with Crippen molar-refractivity contribution >= 4 is 21.7 Å². The Balaban J connectivity index is 2.21. The molecule has 5 nitrogen and oxygen atoms in total. The Morgan fingerprint density at radius 3 is 2.62 bits per heavy atom. The molecule has 112 valence electrons. The number of benzene rings is 1. The average Bonchev–Trinajstić information content (AvgIpc) is 2.68. The number of hydrogen-bond donors (Lipinski definition) is 1. The number of hydrogen-bond acceptors (Lipinski definition) is 4. The highest BCUT2D eigenvalue weighted by Crippen LogP contribution is 2.45. The molecule has 0 spiro atoms. The van der Waals surface area contributed by atoms with E-state index in [-0.39, 0.29) is 0 Å². The quantitative estimate of drug-likeness (QED) is 0.902. The summed E-state index contributed by atoms with van der Waals surface area (Å²) < 4.78 is 14.3. The number of nitrogens with two attached hydrogens (primary N) is 1. The molecule has 6 heteroatoms. The van der Waals surface area contributed by atoms with Crippen LogP contribution >= 0.6 is 15.9 Å². The Labute approximate surface area is 132 Å². The summed E-state index contributed by atoms with van der Waals surface area (Å²) in [5.74, 6) is 2.25. The maximum absolute atomic E-state index is 5.93. The lowest BCUT2D eigenvalue weighted by atomic mass is 10.0. The third-order valence-corrected chi connectivity index (χ3v) is 4.21. The molecule has 0 saturated carbocycles. The second-order valence-electron chi connectivity index (χ2n) is 5.02. The number of aryl methyl sites for hydroxylation is 1. The molecule has 0 atom stereocenters. The smallest absolute Gasteiger partial charge is 0.175 e. The van der Waals surface area contributed by atoms with E-state index in [2.05, 4.69) is 28.0 Å². The third kappa shape index (κ3) is 2.48. The molecule has 0 saturated heterocycles. The van der Waals surface area contributed by atoms with Gasteiger partial charge >= 0.3 is 0 Å². The minimum absolute atomic E-state index is 0.635. The molecule has 1 aliphatic rings. The fourth-order valence-electron chi connectivity index (χ4n) is 2.53. The van der Waals surface area contributed by atoms with Crippen LogP contribution in [0.5, 0.6) is 11.5 Å². The zero-order chi connectivity index (χ0) is 15.0. The van der Waals surface area contributed by atoms with Crippen LogP contribution in [-0.2, 0) is 13.5 Å². The first-order chi connectivity index (χ1) is 10.1. The molecule has 2 N–H and O–H groups in total. The lowest BCUT2D eigenvalue weighted by Gasteiger charge is -2.16. The second kappa shape index (κ2) is 5.60. The summed E-state index contributed by atoms with van der Waals surface area (Å²) in [5.41, 5.74) is 8.89. The molecule has 0 amide bonds. The predicted octanol–water partition coefficient (Wildman–Crippen LogP) is 3.16. The van der Waals surface area contributed by atoms with Crippen LogP contribution in [-0.4, -0.2) is 23.0 Å². The standard InChI is InChI=1S/C15H18BrN3O2/c1-3-9-10(12-8-13(17)19(2)18-12)7-11(16)15-14(9)20-5-4-6-21-15/h7-8H,3-6,17H2,1-2H3. The van der Waals surface area contributed by atoms with E-state index >= 15 is 0 Å². The number of nitrogens with zero attached hydrogens (tertiary/aromatic N) is 2. The van der Waals surface area contributed by atoms with Gasteiger partial charge in [0.1, 0.15) is 5.82 Å². The molecule has 3 rings (SSSR count). The van der Waals surface area contributed by atoms with E-state index in [1.54, 1.807) is 4.68 Å². The largest absolute Gasteiger partial charge is 0.489 e. The number of nitrogen functional groups attached to an aromatic ring is 1. The minimum atomic E-state index is 0.635. The molecule has 0 bridgehead atoms. The van der Waals surface area contributed by atoms with Crippen molar-refractivity contribution < 1.29 is 9.47 Å². The van der Waals surface area contributed by atoms with Crippen molar-refractivity contribution in [3.05, 3.63) is 22.2 Å². The Hall–Kier alpha value is -1.69. The van der Waals surface area contributed by atoms with Crippen LogP contribution in [0.4, 0.5) is 5.82 Å². The minimum Gasteiger partial charge on any atom is -0.489 e. The number of aromatic nitrogens is 2. The normalized spacial score (nSPS) is 14.0. The van der Waals surface area contributed by atoms with Crippen molar-refractivity contribution in [2.75, 3.05) is 18.9 Å². The molecule has 0 radical (unpaired) electrons. The van der Waals surface area contributed by atoms with Gasteiger partial charge in [-0.05, 0) is 28.4 Å². The molecule has 0 unspecified atom stereocenters. The lowest BCUT2D eigenvalue weighted by molar-refractivity contribution is 0.295. The number of anilines is 1. The summed E-state index contributed by atoms with van der Waals surface area (Å²) in [6.07, 6.45) is 1.72. The van der Waals surface area contributed by atoms with E-state index in [4.69, 9.17) is 15.2 Å². The number of fused-ring (bicyclic) bond motifs is 1. The van der Waals surface area contributed by atoms with Gasteiger partial charge in [-0.1, -0.05) is 6.92 Å². The van der Waals surface area contributed by atoms with E-state index < -0.39 is 0 Å². The van der Waals surface area contributed by atoms with Crippen molar-refractivity contribution in [2.45, 2.75) is 19.8 Å². The van der Waals surface area contributed by atoms with Crippen molar-refractivity contribution in [1.29, 1.82) is 0 Å². The Morgan fingerprint density at radius 2 is 2.00 bits per heavy atom. The van der Waals surface area contributed by atoms with Crippen LogP contribution in [0.3, 0.4) is 0 Å². The van der Waals surface area contributed by atoms with Crippen molar-refractivity contribution in [2.24, 2.45) is 7.05 Å². The van der Waals surface area contributed by atoms with E-state index in [1.165, 1.54) is 0 Å². The summed E-state index contributed by atoms with van der Waals surface area (Å²) in [5, 5.41) is 4.48. The zero-order valence-corrected chi connectivity index (χ0v) is 13.7. The van der Waals surface area contributed by atoms with Gasteiger partial charge in [0, 0.05) is 30.7 Å². The summed E-state index contributed by atoms with van der Waals surface area (Å²) in [6, 6.07) is 3.92. The Kier molecular flexibility index (Phi) is 3.80. The molecule has 1 aromatic carbocycles. The van der Waals surface area contributed by atoms with Gasteiger partial charge in [0.25, 0.3) is 0 Å². The van der Waals surface area contributed by atoms with E-state index in [0.29, 0.717) is 19.0 Å². The molecule has 0 fully saturated rings. The van der Waals surface area contributed by atoms with Gasteiger partial charge in [-0.15, -0.1) is 0 Å². The Bertz CT molecular complexity index is 663. The van der Waals surface area contributed by atoms with E-state index in [9.17, 15) is 0 Å². The average molecular weight is 352 g/mol. The van der Waals surface area contributed by atoms with Gasteiger partial charge in [-0.2, -0.15) is 5.10 Å². The highest BCUT2D eigenvalue weighted by atomic mass is 79.9. The number of halogens is 1. The van der Waals surface area contributed by atoms with Crippen LogP contribution in [0.1, 0.15) is 18.9 Å². The van der Waals surface area contributed by atoms with Crippen LogP contribution in [0.2, 0.25) is 0 Å². The first kappa shape index (κ1) is 14.3. The summed E-state index contributed by atoms with van der Waals surface area (Å²) >= 11 is 3.58. The summed E-state index contributed by atoms with van der Waals surface area (Å²) in [6.45, 7) is 3.44. The molecule has 21 heavy (non-hydrogen) atoms. The maximum atomic E-state index is 5.93. The van der Waals surface area contributed by atoms with E-state index in [1.807, 2.05) is 19.2 Å². The molecular weight excluding hydrogens is 334 g/mol. The molecule has 1 aliphatic heterocycles. The molecule has 2 heterocycles.